The first-order chi connectivity index (χ1) is 6.11. The molecule has 0 aliphatic heterocycles. The van der Waals surface area contributed by atoms with Gasteiger partial charge in [0.1, 0.15) is 0 Å². The third-order valence-corrected chi connectivity index (χ3v) is 1.77. The molecule has 3 N–H and O–H groups in total. The summed E-state index contributed by atoms with van der Waals surface area (Å²) in [6.45, 7) is 2.70. The number of nitrogens with zero attached hydrogens (tertiary/aromatic N) is 1. The molecule has 0 aromatic rings. The molecule has 5 heteroatoms. The summed E-state index contributed by atoms with van der Waals surface area (Å²) in [5.41, 5.74) is 0. The quantitative estimate of drug-likeness (QED) is 0.472. The van der Waals surface area contributed by atoms with Crippen molar-refractivity contribution in [2.45, 2.75) is 13.0 Å². The van der Waals surface area contributed by atoms with Crippen LogP contribution in [0, 0.1) is 0 Å². The number of carbonyl (C=O) groups excluding carboxylic acids is 1. The Balaban J connectivity index is 3.47. The van der Waals surface area contributed by atoms with Crippen molar-refractivity contribution in [2.75, 3.05) is 33.3 Å². The van der Waals surface area contributed by atoms with E-state index >= 15 is 0 Å². The molecule has 0 bridgehead atoms. The summed E-state index contributed by atoms with van der Waals surface area (Å²) in [6.07, 6.45) is -0.792. The molecule has 0 aromatic heterocycles. The van der Waals surface area contributed by atoms with Crippen LogP contribution in [-0.4, -0.2) is 60.4 Å². The summed E-state index contributed by atoms with van der Waals surface area (Å²) in [6, 6.07) is 0. The smallest absolute Gasteiger partial charge is 0.236 e. The number of rotatable bonds is 6. The van der Waals surface area contributed by atoms with Gasteiger partial charge >= 0.3 is 0 Å². The highest BCUT2D eigenvalue weighted by molar-refractivity contribution is 5.77. The molecule has 0 saturated heterocycles. The Hall–Kier alpha value is -0.650. The summed E-state index contributed by atoms with van der Waals surface area (Å²) in [5, 5.41) is 20.1. The van der Waals surface area contributed by atoms with Gasteiger partial charge in [-0.3, -0.25) is 4.79 Å². The molecule has 13 heavy (non-hydrogen) atoms. The molecule has 0 heterocycles. The van der Waals surface area contributed by atoms with E-state index in [9.17, 15) is 4.79 Å². The topological polar surface area (TPSA) is 72.8 Å². The Morgan fingerprint density at radius 3 is 2.69 bits per heavy atom. The minimum Gasteiger partial charge on any atom is -0.394 e. The first kappa shape index (κ1) is 12.3. The van der Waals surface area contributed by atoms with Crippen LogP contribution in [0.4, 0.5) is 0 Å². The largest absolute Gasteiger partial charge is 0.394 e. The van der Waals surface area contributed by atoms with Gasteiger partial charge in [0.05, 0.1) is 19.3 Å². The van der Waals surface area contributed by atoms with Crippen LogP contribution >= 0.6 is 0 Å². The van der Waals surface area contributed by atoms with E-state index in [4.69, 9.17) is 10.2 Å². The van der Waals surface area contributed by atoms with Gasteiger partial charge in [-0.2, -0.15) is 0 Å². The third kappa shape index (κ3) is 5.57. The molecule has 0 fully saturated rings. The van der Waals surface area contributed by atoms with Crippen molar-refractivity contribution >= 4 is 5.91 Å². The average Bonchev–Trinajstić information content (AvgIpc) is 2.15. The molecule has 0 aromatic carbocycles. The summed E-state index contributed by atoms with van der Waals surface area (Å²) >= 11 is 0. The lowest BCUT2D eigenvalue weighted by Gasteiger charge is -2.15. The minimum absolute atomic E-state index is 0.0207. The van der Waals surface area contributed by atoms with Crippen molar-refractivity contribution in [3.05, 3.63) is 0 Å². The first-order valence-electron chi connectivity index (χ1n) is 4.35. The lowest BCUT2D eigenvalue weighted by Crippen LogP contribution is -2.39. The van der Waals surface area contributed by atoms with Gasteiger partial charge in [-0.15, -0.1) is 0 Å². The second kappa shape index (κ2) is 6.82. The highest BCUT2D eigenvalue weighted by atomic mass is 16.3. The maximum atomic E-state index is 11.2. The fraction of sp³-hybridized carbons (Fsp3) is 0.875. The maximum absolute atomic E-state index is 11.2. The third-order valence-electron chi connectivity index (χ3n) is 1.77. The van der Waals surface area contributed by atoms with Crippen molar-refractivity contribution in [3.63, 3.8) is 0 Å². The maximum Gasteiger partial charge on any atom is 0.236 e. The zero-order valence-electron chi connectivity index (χ0n) is 8.16. The number of likely N-dealkylation sites (N-methyl/N-ethyl adjacent to an activating group) is 1. The number of hydrogen-bond donors (Lipinski definition) is 3. The molecular formula is C8H18N2O3. The van der Waals surface area contributed by atoms with E-state index in [1.54, 1.807) is 11.9 Å². The van der Waals surface area contributed by atoms with Crippen molar-refractivity contribution in [3.8, 4) is 0 Å². The van der Waals surface area contributed by atoms with Crippen molar-refractivity contribution < 1.29 is 15.0 Å². The van der Waals surface area contributed by atoms with Crippen molar-refractivity contribution in [1.82, 2.24) is 10.2 Å². The van der Waals surface area contributed by atoms with E-state index in [2.05, 4.69) is 5.32 Å². The van der Waals surface area contributed by atoms with Gasteiger partial charge in [-0.05, 0) is 6.92 Å². The Morgan fingerprint density at radius 2 is 2.23 bits per heavy atom. The Morgan fingerprint density at radius 1 is 1.62 bits per heavy atom. The molecule has 78 valence electrons. The molecule has 1 atom stereocenters. The molecule has 0 saturated carbocycles. The Bertz CT molecular complexity index is 152. The molecule has 0 spiro atoms. The lowest BCUT2D eigenvalue weighted by atomic mass is 10.4. The molecule has 1 amide bonds. The average molecular weight is 190 g/mol. The molecule has 0 aliphatic carbocycles. The van der Waals surface area contributed by atoms with Crippen LogP contribution < -0.4 is 5.32 Å². The van der Waals surface area contributed by atoms with Crippen LogP contribution in [-0.2, 0) is 4.79 Å². The van der Waals surface area contributed by atoms with E-state index in [1.807, 2.05) is 6.92 Å². The molecule has 0 radical (unpaired) electrons. The van der Waals surface area contributed by atoms with Crippen molar-refractivity contribution in [1.29, 1.82) is 0 Å². The zero-order chi connectivity index (χ0) is 10.3. The van der Waals surface area contributed by atoms with Crippen LogP contribution in [0.3, 0.4) is 0 Å². The van der Waals surface area contributed by atoms with E-state index in [0.29, 0.717) is 6.54 Å². The van der Waals surface area contributed by atoms with Crippen LogP contribution in [0.2, 0.25) is 0 Å². The Labute approximate surface area is 78.4 Å². The fourth-order valence-electron chi connectivity index (χ4n) is 0.722. The van der Waals surface area contributed by atoms with Crippen LogP contribution in [0.5, 0.6) is 0 Å². The first-order valence-corrected chi connectivity index (χ1v) is 4.35. The van der Waals surface area contributed by atoms with E-state index in [0.717, 1.165) is 0 Å². The summed E-state index contributed by atoms with van der Waals surface area (Å²) in [5.74, 6) is -0.0207. The van der Waals surface area contributed by atoms with E-state index < -0.39 is 6.10 Å². The Kier molecular flexibility index (Phi) is 6.48. The molecule has 5 nitrogen and oxygen atoms in total. The summed E-state index contributed by atoms with van der Waals surface area (Å²) in [4.78, 5) is 12.7. The van der Waals surface area contributed by atoms with Gasteiger partial charge in [-0.25, -0.2) is 0 Å². The molecule has 0 aliphatic rings. The number of aliphatic hydroxyl groups excluding tert-OH is 2. The molecule has 0 unspecified atom stereocenters. The zero-order valence-corrected chi connectivity index (χ0v) is 8.16. The predicted octanol–water partition coefficient (Wildman–Crippen LogP) is -1.59. The number of hydrogen-bond acceptors (Lipinski definition) is 4. The standard InChI is InChI=1S/C8H18N2O3/c1-3-10(2)8(13)5-9-4-7(12)6-11/h7,9,11-12H,3-6H2,1-2H3/t7-/m0/s1. The second-order valence-corrected chi connectivity index (χ2v) is 2.88. The van der Waals surface area contributed by atoms with Crippen molar-refractivity contribution in [2.24, 2.45) is 0 Å². The van der Waals surface area contributed by atoms with Gasteiger partial charge in [0.2, 0.25) is 5.91 Å². The number of aliphatic hydroxyl groups is 2. The lowest BCUT2D eigenvalue weighted by molar-refractivity contribution is -0.128. The van der Waals surface area contributed by atoms with Gasteiger partial charge < -0.3 is 20.4 Å². The summed E-state index contributed by atoms with van der Waals surface area (Å²) in [7, 11) is 1.71. The van der Waals surface area contributed by atoms with E-state index in [1.165, 1.54) is 0 Å². The minimum atomic E-state index is -0.792. The molecule has 0 rings (SSSR count). The monoisotopic (exact) mass is 190 g/mol. The number of nitrogens with one attached hydrogen (secondary N) is 1. The van der Waals surface area contributed by atoms with Crippen LogP contribution in [0.25, 0.3) is 0 Å². The van der Waals surface area contributed by atoms with Gasteiger partial charge in [0, 0.05) is 20.1 Å². The van der Waals surface area contributed by atoms with E-state index in [-0.39, 0.29) is 25.6 Å². The molecular weight excluding hydrogens is 172 g/mol. The number of carbonyl (C=O) groups is 1. The normalized spacial score (nSPS) is 12.6. The van der Waals surface area contributed by atoms with Crippen LogP contribution in [0.15, 0.2) is 0 Å². The predicted molar refractivity (Wildman–Crippen MR) is 49.3 cm³/mol. The highest BCUT2D eigenvalue weighted by Gasteiger charge is 2.06. The second-order valence-electron chi connectivity index (χ2n) is 2.88. The highest BCUT2D eigenvalue weighted by Crippen LogP contribution is 1.82. The SMILES string of the molecule is CCN(C)C(=O)CNC[C@H](O)CO. The van der Waals surface area contributed by atoms with Gasteiger partial charge in [0.15, 0.2) is 0 Å². The number of amides is 1. The summed E-state index contributed by atoms with van der Waals surface area (Å²) < 4.78 is 0. The van der Waals surface area contributed by atoms with Crippen LogP contribution in [0.1, 0.15) is 6.92 Å². The van der Waals surface area contributed by atoms with Gasteiger partial charge in [0.25, 0.3) is 0 Å². The van der Waals surface area contributed by atoms with Gasteiger partial charge in [-0.1, -0.05) is 0 Å². The fourth-order valence-corrected chi connectivity index (χ4v) is 0.722.